The monoisotopic (exact) mass is 276 g/mol. The molecule has 0 saturated carbocycles. The Labute approximate surface area is 112 Å². The lowest BCUT2D eigenvalue weighted by atomic mass is 10.2. The Morgan fingerprint density at radius 2 is 1.56 bits per heavy atom. The summed E-state index contributed by atoms with van der Waals surface area (Å²) in [5.74, 6) is 0. The zero-order chi connectivity index (χ0) is 14.2. The minimum absolute atomic E-state index is 0.0810. The minimum atomic E-state index is -2.52. The van der Waals surface area contributed by atoms with Gasteiger partial charge in [-0.3, -0.25) is 0 Å². The van der Waals surface area contributed by atoms with Crippen LogP contribution in [0.5, 0.6) is 0 Å². The second-order valence-electron chi connectivity index (χ2n) is 7.08. The standard InChI is InChI=1S/C13H28O4Si/c1-12(2,3)18(15-7,13(4,5)6)17-11-9-16-8-10(11)14/h10-11,14H,8-9H2,1-7H3/t10-,11-/m1/s1. The van der Waals surface area contributed by atoms with E-state index in [2.05, 4.69) is 41.5 Å². The normalized spacial score (nSPS) is 26.7. The maximum atomic E-state index is 9.90. The van der Waals surface area contributed by atoms with Crippen LogP contribution in [0, 0.1) is 0 Å². The fourth-order valence-corrected chi connectivity index (χ4v) is 7.92. The molecule has 0 aromatic rings. The van der Waals surface area contributed by atoms with Crippen LogP contribution >= 0.6 is 0 Å². The highest BCUT2D eigenvalue weighted by Gasteiger charge is 2.59. The highest BCUT2D eigenvalue weighted by Crippen LogP contribution is 2.52. The quantitative estimate of drug-likeness (QED) is 0.804. The number of hydrogen-bond donors (Lipinski definition) is 1. The number of aliphatic hydroxyl groups excluding tert-OH is 1. The van der Waals surface area contributed by atoms with Crippen LogP contribution in [0.2, 0.25) is 10.1 Å². The minimum Gasteiger partial charge on any atom is -0.397 e. The first-order valence-corrected chi connectivity index (χ1v) is 8.35. The van der Waals surface area contributed by atoms with E-state index < -0.39 is 14.7 Å². The molecule has 0 aliphatic carbocycles. The number of aliphatic hydroxyl groups is 1. The van der Waals surface area contributed by atoms with Gasteiger partial charge in [-0.25, -0.2) is 0 Å². The number of ether oxygens (including phenoxy) is 1. The van der Waals surface area contributed by atoms with E-state index in [9.17, 15) is 5.11 Å². The lowest BCUT2D eigenvalue weighted by Gasteiger charge is -2.49. The van der Waals surface area contributed by atoms with E-state index in [-0.39, 0.29) is 16.2 Å². The summed E-state index contributed by atoms with van der Waals surface area (Å²) in [6.45, 7) is 13.7. The Kier molecular flexibility index (Phi) is 4.66. The van der Waals surface area contributed by atoms with Crippen molar-refractivity contribution in [1.82, 2.24) is 0 Å². The van der Waals surface area contributed by atoms with Gasteiger partial charge < -0.3 is 18.7 Å². The number of rotatable bonds is 3. The molecule has 4 nitrogen and oxygen atoms in total. The third-order valence-corrected chi connectivity index (χ3v) is 8.74. The van der Waals surface area contributed by atoms with Crippen molar-refractivity contribution in [1.29, 1.82) is 0 Å². The molecular formula is C13H28O4Si. The first kappa shape index (κ1) is 16.1. The van der Waals surface area contributed by atoms with Crippen LogP contribution in [0.4, 0.5) is 0 Å². The Morgan fingerprint density at radius 3 is 1.83 bits per heavy atom. The summed E-state index contributed by atoms with van der Waals surface area (Å²) in [5.41, 5.74) is 0. The molecule has 1 heterocycles. The average Bonchev–Trinajstić information content (AvgIpc) is 2.56. The van der Waals surface area contributed by atoms with Crippen molar-refractivity contribution in [3.8, 4) is 0 Å². The van der Waals surface area contributed by atoms with Gasteiger partial charge in [0.2, 0.25) is 0 Å². The Bertz CT molecular complexity index is 266. The fourth-order valence-electron chi connectivity index (χ4n) is 2.99. The van der Waals surface area contributed by atoms with E-state index in [0.29, 0.717) is 13.2 Å². The van der Waals surface area contributed by atoms with Gasteiger partial charge in [0.15, 0.2) is 0 Å². The molecule has 0 unspecified atom stereocenters. The Balaban J connectivity index is 3.04. The van der Waals surface area contributed by atoms with Crippen molar-refractivity contribution < 1.29 is 18.7 Å². The third kappa shape index (κ3) is 2.80. The largest absolute Gasteiger partial charge is 0.397 e. The van der Waals surface area contributed by atoms with Crippen LogP contribution in [0.3, 0.4) is 0 Å². The van der Waals surface area contributed by atoms with E-state index in [1.165, 1.54) is 0 Å². The van der Waals surface area contributed by atoms with Crippen molar-refractivity contribution in [2.45, 2.75) is 63.8 Å². The lowest BCUT2D eigenvalue weighted by Crippen LogP contribution is -2.59. The van der Waals surface area contributed by atoms with Gasteiger partial charge in [0.1, 0.15) is 6.10 Å². The topological polar surface area (TPSA) is 47.9 Å². The van der Waals surface area contributed by atoms with Gasteiger partial charge in [0, 0.05) is 17.2 Å². The molecule has 1 saturated heterocycles. The zero-order valence-corrected chi connectivity index (χ0v) is 13.7. The molecule has 2 atom stereocenters. The van der Waals surface area contributed by atoms with E-state index >= 15 is 0 Å². The third-order valence-electron chi connectivity index (χ3n) is 3.58. The molecular weight excluding hydrogens is 248 g/mol. The van der Waals surface area contributed by atoms with Gasteiger partial charge in [0.25, 0.3) is 0 Å². The summed E-state index contributed by atoms with van der Waals surface area (Å²) < 4.78 is 17.5. The molecule has 1 N–H and O–H groups in total. The first-order chi connectivity index (χ1) is 8.05. The van der Waals surface area contributed by atoms with Crippen LogP contribution < -0.4 is 0 Å². The number of hydrogen-bond acceptors (Lipinski definition) is 4. The molecule has 1 fully saturated rings. The molecule has 1 aliphatic heterocycles. The van der Waals surface area contributed by atoms with Crippen LogP contribution in [-0.4, -0.2) is 46.2 Å². The molecule has 0 bridgehead atoms. The predicted octanol–water partition coefficient (Wildman–Crippen LogP) is 2.45. The summed E-state index contributed by atoms with van der Waals surface area (Å²) >= 11 is 0. The summed E-state index contributed by atoms with van der Waals surface area (Å²) in [6.07, 6.45) is -0.813. The molecule has 18 heavy (non-hydrogen) atoms. The lowest BCUT2D eigenvalue weighted by molar-refractivity contribution is 0.0291. The molecule has 1 rings (SSSR count). The van der Waals surface area contributed by atoms with Gasteiger partial charge in [0.05, 0.1) is 19.3 Å². The van der Waals surface area contributed by atoms with Gasteiger partial charge in [-0.1, -0.05) is 41.5 Å². The molecule has 1 aliphatic rings. The van der Waals surface area contributed by atoms with Crippen LogP contribution in [-0.2, 0) is 13.6 Å². The summed E-state index contributed by atoms with van der Waals surface area (Å²) in [6, 6.07) is 0. The molecule has 108 valence electrons. The second kappa shape index (κ2) is 5.21. The highest BCUT2D eigenvalue weighted by atomic mass is 28.4. The van der Waals surface area contributed by atoms with Crippen molar-refractivity contribution in [3.05, 3.63) is 0 Å². The Morgan fingerprint density at radius 1 is 1.06 bits per heavy atom. The maximum absolute atomic E-state index is 9.90. The van der Waals surface area contributed by atoms with E-state index in [0.717, 1.165) is 0 Å². The van der Waals surface area contributed by atoms with Crippen molar-refractivity contribution in [2.24, 2.45) is 0 Å². The summed E-state index contributed by atoms with van der Waals surface area (Å²) in [7, 11) is -0.792. The molecule has 0 radical (unpaired) electrons. The summed E-state index contributed by atoms with van der Waals surface area (Å²) in [5, 5.41) is 9.73. The van der Waals surface area contributed by atoms with Gasteiger partial charge in [-0.15, -0.1) is 0 Å². The smallest absolute Gasteiger partial charge is 0.349 e. The fraction of sp³-hybridized carbons (Fsp3) is 1.00. The average molecular weight is 276 g/mol. The molecule has 0 spiro atoms. The molecule has 0 amide bonds. The van der Waals surface area contributed by atoms with Crippen LogP contribution in [0.1, 0.15) is 41.5 Å². The van der Waals surface area contributed by atoms with Gasteiger partial charge in [-0.2, -0.15) is 0 Å². The van der Waals surface area contributed by atoms with Gasteiger partial charge in [-0.05, 0) is 0 Å². The van der Waals surface area contributed by atoms with Gasteiger partial charge >= 0.3 is 8.56 Å². The first-order valence-electron chi connectivity index (χ1n) is 6.54. The SMILES string of the molecule is CO[Si](O[C@@H]1COC[C@H]1O)(C(C)(C)C)C(C)(C)C. The van der Waals surface area contributed by atoms with Crippen LogP contribution in [0.15, 0.2) is 0 Å². The summed E-state index contributed by atoms with van der Waals surface area (Å²) in [4.78, 5) is 0. The maximum Gasteiger partial charge on any atom is 0.349 e. The molecule has 0 aromatic heterocycles. The molecule has 5 heteroatoms. The van der Waals surface area contributed by atoms with E-state index in [1.807, 2.05) is 0 Å². The van der Waals surface area contributed by atoms with E-state index in [4.69, 9.17) is 13.6 Å². The van der Waals surface area contributed by atoms with Crippen molar-refractivity contribution in [2.75, 3.05) is 20.3 Å². The molecule has 0 aromatic carbocycles. The van der Waals surface area contributed by atoms with E-state index in [1.54, 1.807) is 7.11 Å². The predicted molar refractivity (Wildman–Crippen MR) is 73.9 cm³/mol. The highest BCUT2D eigenvalue weighted by molar-refractivity contribution is 6.73. The Hall–Kier alpha value is 0.0569. The second-order valence-corrected chi connectivity index (χ2v) is 12.0. The van der Waals surface area contributed by atoms with Crippen molar-refractivity contribution in [3.63, 3.8) is 0 Å². The van der Waals surface area contributed by atoms with Crippen LogP contribution in [0.25, 0.3) is 0 Å². The van der Waals surface area contributed by atoms with Crippen molar-refractivity contribution >= 4 is 8.56 Å². The zero-order valence-electron chi connectivity index (χ0n) is 12.7.